The molecule has 0 radical (unpaired) electrons. The lowest BCUT2D eigenvalue weighted by atomic mass is 10.1. The molecule has 2 rings (SSSR count). The highest BCUT2D eigenvalue weighted by atomic mass is 16.5. The van der Waals surface area contributed by atoms with Gasteiger partial charge in [0.2, 0.25) is 5.88 Å². The van der Waals surface area contributed by atoms with Crippen molar-refractivity contribution < 1.29 is 9.84 Å². The van der Waals surface area contributed by atoms with E-state index >= 15 is 0 Å². The van der Waals surface area contributed by atoms with Crippen molar-refractivity contribution in [1.82, 2.24) is 9.88 Å². The lowest BCUT2D eigenvalue weighted by Gasteiger charge is -2.15. The first-order valence-electron chi connectivity index (χ1n) is 7.55. The Morgan fingerprint density at radius 3 is 2.86 bits per heavy atom. The van der Waals surface area contributed by atoms with Gasteiger partial charge in [0.1, 0.15) is 6.61 Å². The number of nitrogens with zero attached hydrogens (tertiary/aromatic N) is 2. The van der Waals surface area contributed by atoms with E-state index in [0.717, 1.165) is 30.3 Å². The minimum absolute atomic E-state index is 0.0358. The maximum Gasteiger partial charge on any atom is 0.221 e. The van der Waals surface area contributed by atoms with E-state index in [-0.39, 0.29) is 6.73 Å². The Bertz CT molecular complexity index is 572. The van der Waals surface area contributed by atoms with Crippen LogP contribution in [0.2, 0.25) is 0 Å². The zero-order valence-corrected chi connectivity index (χ0v) is 12.9. The van der Waals surface area contributed by atoms with Crippen LogP contribution in [0.15, 0.2) is 30.3 Å². The number of aromatic nitrogens is 1. The maximum absolute atomic E-state index is 9.00. The van der Waals surface area contributed by atoms with Crippen LogP contribution in [0.5, 0.6) is 5.88 Å². The molecule has 0 bridgehead atoms. The first-order chi connectivity index (χ1) is 10.2. The van der Waals surface area contributed by atoms with Crippen molar-refractivity contribution in [3.05, 3.63) is 36.0 Å². The Morgan fingerprint density at radius 2 is 2.10 bits per heavy atom. The summed E-state index contributed by atoms with van der Waals surface area (Å²) in [5.41, 5.74) is 1.08. The van der Waals surface area contributed by atoms with Gasteiger partial charge < -0.3 is 9.84 Å². The molecule has 4 heteroatoms. The summed E-state index contributed by atoms with van der Waals surface area (Å²) in [6.45, 7) is 3.41. The SMILES string of the molecule is CCCCc1cc2ccccc2c(OCCN(C)CO)n1. The van der Waals surface area contributed by atoms with Gasteiger partial charge >= 0.3 is 0 Å². The smallest absolute Gasteiger partial charge is 0.221 e. The highest BCUT2D eigenvalue weighted by Crippen LogP contribution is 2.25. The van der Waals surface area contributed by atoms with Crippen molar-refractivity contribution >= 4 is 10.8 Å². The van der Waals surface area contributed by atoms with Crippen LogP contribution in [0.25, 0.3) is 10.8 Å². The van der Waals surface area contributed by atoms with Crippen LogP contribution in [-0.4, -0.2) is 41.9 Å². The van der Waals surface area contributed by atoms with E-state index in [9.17, 15) is 0 Å². The summed E-state index contributed by atoms with van der Waals surface area (Å²) < 4.78 is 5.85. The van der Waals surface area contributed by atoms with Crippen molar-refractivity contribution in [2.45, 2.75) is 26.2 Å². The average molecular weight is 288 g/mol. The van der Waals surface area contributed by atoms with Crippen LogP contribution >= 0.6 is 0 Å². The third-order valence-corrected chi connectivity index (χ3v) is 3.50. The van der Waals surface area contributed by atoms with Gasteiger partial charge in [-0.1, -0.05) is 31.5 Å². The summed E-state index contributed by atoms with van der Waals surface area (Å²) in [6.07, 6.45) is 3.28. The number of pyridine rings is 1. The van der Waals surface area contributed by atoms with Crippen LogP contribution in [-0.2, 0) is 6.42 Å². The molecule has 0 spiro atoms. The van der Waals surface area contributed by atoms with Crippen LogP contribution in [0, 0.1) is 0 Å². The number of hydrogen-bond donors (Lipinski definition) is 1. The van der Waals surface area contributed by atoms with Crippen LogP contribution < -0.4 is 4.74 Å². The summed E-state index contributed by atoms with van der Waals surface area (Å²) in [4.78, 5) is 6.45. The molecule has 0 aliphatic heterocycles. The molecule has 0 saturated carbocycles. The van der Waals surface area contributed by atoms with Crippen molar-refractivity contribution in [3.8, 4) is 5.88 Å². The fourth-order valence-corrected chi connectivity index (χ4v) is 2.18. The number of ether oxygens (including phenoxy) is 1. The maximum atomic E-state index is 9.00. The van der Waals surface area contributed by atoms with E-state index in [1.54, 1.807) is 4.90 Å². The largest absolute Gasteiger partial charge is 0.476 e. The van der Waals surface area contributed by atoms with Gasteiger partial charge in [0.25, 0.3) is 0 Å². The standard InChI is InChI=1S/C17H24N2O2/c1-3-4-8-15-12-14-7-5-6-9-16(14)17(18-15)21-11-10-19(2)13-20/h5-7,9,12,20H,3-4,8,10-11,13H2,1-2H3. The molecule has 1 aromatic heterocycles. The number of rotatable bonds is 8. The molecule has 0 fully saturated rings. The topological polar surface area (TPSA) is 45.6 Å². The molecule has 21 heavy (non-hydrogen) atoms. The number of fused-ring (bicyclic) bond motifs is 1. The quantitative estimate of drug-likeness (QED) is 0.759. The molecular formula is C17H24N2O2. The normalized spacial score (nSPS) is 11.2. The van der Waals surface area contributed by atoms with E-state index in [2.05, 4.69) is 24.0 Å². The number of aliphatic hydroxyl groups is 1. The summed E-state index contributed by atoms with van der Waals surface area (Å²) in [7, 11) is 1.85. The summed E-state index contributed by atoms with van der Waals surface area (Å²) in [5, 5.41) is 11.2. The fraction of sp³-hybridized carbons (Fsp3) is 0.471. The first kappa shape index (κ1) is 15.7. The van der Waals surface area contributed by atoms with Gasteiger partial charge in [-0.15, -0.1) is 0 Å². The van der Waals surface area contributed by atoms with Crippen molar-refractivity contribution in [2.24, 2.45) is 0 Å². The zero-order chi connectivity index (χ0) is 15.1. The summed E-state index contributed by atoms with van der Waals surface area (Å²) >= 11 is 0. The van der Waals surface area contributed by atoms with E-state index in [1.165, 1.54) is 5.39 Å². The predicted molar refractivity (Wildman–Crippen MR) is 85.6 cm³/mol. The third kappa shape index (κ3) is 4.41. The monoisotopic (exact) mass is 288 g/mol. The predicted octanol–water partition coefficient (Wildman–Crippen LogP) is 2.84. The number of unbranched alkanes of at least 4 members (excludes halogenated alkanes) is 1. The van der Waals surface area contributed by atoms with Gasteiger partial charge in [-0.25, -0.2) is 4.98 Å². The van der Waals surface area contributed by atoms with E-state index in [1.807, 2.05) is 25.2 Å². The van der Waals surface area contributed by atoms with E-state index < -0.39 is 0 Å². The van der Waals surface area contributed by atoms with Crippen molar-refractivity contribution in [2.75, 3.05) is 26.9 Å². The van der Waals surface area contributed by atoms with Gasteiger partial charge in [-0.2, -0.15) is 0 Å². The fourth-order valence-electron chi connectivity index (χ4n) is 2.18. The van der Waals surface area contributed by atoms with Crippen molar-refractivity contribution in [3.63, 3.8) is 0 Å². The average Bonchev–Trinajstić information content (AvgIpc) is 2.52. The molecule has 1 N–H and O–H groups in total. The third-order valence-electron chi connectivity index (χ3n) is 3.50. The number of aliphatic hydroxyl groups excluding tert-OH is 1. The molecule has 2 aromatic rings. The molecular weight excluding hydrogens is 264 g/mol. The Labute approximate surface area is 126 Å². The minimum atomic E-state index is 0.0358. The van der Waals surface area contributed by atoms with Crippen LogP contribution in [0.3, 0.4) is 0 Å². The van der Waals surface area contributed by atoms with Gasteiger partial charge in [0.05, 0.1) is 6.73 Å². The molecule has 0 aliphatic carbocycles. The second kappa shape index (κ2) is 7.96. The highest BCUT2D eigenvalue weighted by molar-refractivity contribution is 5.87. The highest BCUT2D eigenvalue weighted by Gasteiger charge is 2.07. The van der Waals surface area contributed by atoms with Gasteiger partial charge in [0, 0.05) is 17.6 Å². The molecule has 4 nitrogen and oxygen atoms in total. The minimum Gasteiger partial charge on any atom is -0.476 e. The second-order valence-electron chi connectivity index (χ2n) is 5.31. The Balaban J connectivity index is 2.18. The lowest BCUT2D eigenvalue weighted by Crippen LogP contribution is -2.25. The van der Waals surface area contributed by atoms with E-state index in [0.29, 0.717) is 19.0 Å². The molecule has 0 unspecified atom stereocenters. The molecule has 1 heterocycles. The molecule has 0 saturated heterocycles. The Hall–Kier alpha value is -1.65. The first-order valence-corrected chi connectivity index (χ1v) is 7.55. The molecule has 114 valence electrons. The van der Waals surface area contributed by atoms with Gasteiger partial charge in [0.15, 0.2) is 0 Å². The molecule has 0 aliphatic rings. The number of likely N-dealkylation sites (N-methyl/N-ethyl adjacent to an activating group) is 1. The van der Waals surface area contributed by atoms with Gasteiger partial charge in [-0.3, -0.25) is 4.90 Å². The second-order valence-corrected chi connectivity index (χ2v) is 5.31. The molecule has 0 atom stereocenters. The molecule has 1 aromatic carbocycles. The molecule has 0 amide bonds. The number of hydrogen-bond acceptors (Lipinski definition) is 4. The van der Waals surface area contributed by atoms with Gasteiger partial charge in [-0.05, 0) is 37.4 Å². The Morgan fingerprint density at radius 1 is 1.29 bits per heavy atom. The summed E-state index contributed by atoms with van der Waals surface area (Å²) in [6, 6.07) is 10.3. The number of benzene rings is 1. The van der Waals surface area contributed by atoms with Crippen LogP contribution in [0.1, 0.15) is 25.5 Å². The van der Waals surface area contributed by atoms with E-state index in [4.69, 9.17) is 9.84 Å². The van der Waals surface area contributed by atoms with Crippen LogP contribution in [0.4, 0.5) is 0 Å². The van der Waals surface area contributed by atoms with Crippen molar-refractivity contribution in [1.29, 1.82) is 0 Å². The zero-order valence-electron chi connectivity index (χ0n) is 12.9. The Kier molecular flexibility index (Phi) is 5.96. The summed E-state index contributed by atoms with van der Waals surface area (Å²) in [5.74, 6) is 0.700. The number of aryl methyl sites for hydroxylation is 1. The lowest BCUT2D eigenvalue weighted by molar-refractivity contribution is 0.115.